The van der Waals surface area contributed by atoms with Gasteiger partial charge in [-0.2, -0.15) is 0 Å². The molecule has 2 heterocycles. The van der Waals surface area contributed by atoms with E-state index in [0.717, 1.165) is 22.6 Å². The van der Waals surface area contributed by atoms with Crippen LogP contribution in [0.1, 0.15) is 17.7 Å². The van der Waals surface area contributed by atoms with Gasteiger partial charge in [0.15, 0.2) is 11.5 Å². The third kappa shape index (κ3) is 4.93. The fraction of sp³-hybridized carbons (Fsp3) is 0.261. The second-order valence-corrected chi connectivity index (χ2v) is 7.24. The van der Waals surface area contributed by atoms with Crippen molar-refractivity contribution in [3.05, 3.63) is 70.9 Å². The lowest BCUT2D eigenvalue weighted by Crippen LogP contribution is -2.26. The number of carbonyl (C=O) groups excluding carboxylic acids is 1. The van der Waals surface area contributed by atoms with Crippen LogP contribution in [0, 0.1) is 0 Å². The maximum atomic E-state index is 12.2. The molecule has 1 N–H and O–H groups in total. The lowest BCUT2D eigenvalue weighted by atomic mass is 10.1. The fourth-order valence-electron chi connectivity index (χ4n) is 3.25. The van der Waals surface area contributed by atoms with Gasteiger partial charge >= 0.3 is 0 Å². The molecule has 29 heavy (non-hydrogen) atoms. The molecule has 3 aromatic rings. The normalized spacial score (nSPS) is 12.6. The van der Waals surface area contributed by atoms with Crippen molar-refractivity contribution in [3.63, 3.8) is 0 Å². The SMILES string of the molecule is O=C(CCc1ccc(-c2ccccc2)o1)NCCc1cc(Cl)c2c(c1)OCCO2. The number of amides is 1. The molecule has 0 radical (unpaired) electrons. The van der Waals surface area contributed by atoms with Crippen LogP contribution in [-0.2, 0) is 17.6 Å². The molecule has 1 amide bonds. The summed E-state index contributed by atoms with van der Waals surface area (Å²) in [5.41, 5.74) is 2.03. The van der Waals surface area contributed by atoms with Gasteiger partial charge in [0.05, 0.1) is 5.02 Å². The first-order valence-electron chi connectivity index (χ1n) is 9.68. The number of halogens is 1. The van der Waals surface area contributed by atoms with E-state index in [1.54, 1.807) is 0 Å². The van der Waals surface area contributed by atoms with Gasteiger partial charge in [0.25, 0.3) is 0 Å². The topological polar surface area (TPSA) is 60.7 Å². The Kier molecular flexibility index (Phi) is 6.06. The summed E-state index contributed by atoms with van der Waals surface area (Å²) in [5.74, 6) is 2.87. The lowest BCUT2D eigenvalue weighted by Gasteiger charge is -2.20. The highest BCUT2D eigenvalue weighted by molar-refractivity contribution is 6.32. The van der Waals surface area contributed by atoms with Crippen molar-refractivity contribution in [3.8, 4) is 22.8 Å². The molecule has 0 aliphatic carbocycles. The highest BCUT2D eigenvalue weighted by atomic mass is 35.5. The molecule has 0 saturated heterocycles. The van der Waals surface area contributed by atoms with E-state index >= 15 is 0 Å². The smallest absolute Gasteiger partial charge is 0.220 e. The Morgan fingerprint density at radius 3 is 2.69 bits per heavy atom. The van der Waals surface area contributed by atoms with E-state index in [1.165, 1.54) is 0 Å². The number of furan rings is 1. The molecular formula is C23H22ClNO4. The number of hydrogen-bond donors (Lipinski definition) is 1. The number of fused-ring (bicyclic) bond motifs is 1. The van der Waals surface area contributed by atoms with Crippen molar-refractivity contribution in [2.75, 3.05) is 19.8 Å². The van der Waals surface area contributed by atoms with Crippen molar-refractivity contribution < 1.29 is 18.7 Å². The molecule has 0 fully saturated rings. The maximum Gasteiger partial charge on any atom is 0.220 e. The van der Waals surface area contributed by atoms with Gasteiger partial charge in [-0.3, -0.25) is 4.79 Å². The van der Waals surface area contributed by atoms with Gasteiger partial charge in [0.2, 0.25) is 5.91 Å². The predicted molar refractivity (Wildman–Crippen MR) is 112 cm³/mol. The van der Waals surface area contributed by atoms with Crippen LogP contribution < -0.4 is 14.8 Å². The first-order valence-corrected chi connectivity index (χ1v) is 10.1. The third-order valence-electron chi connectivity index (χ3n) is 4.71. The summed E-state index contributed by atoms with van der Waals surface area (Å²) >= 11 is 6.25. The number of ether oxygens (including phenoxy) is 2. The molecule has 0 bridgehead atoms. The molecule has 4 rings (SSSR count). The second-order valence-electron chi connectivity index (χ2n) is 6.83. The van der Waals surface area contributed by atoms with Crippen LogP contribution in [0.3, 0.4) is 0 Å². The van der Waals surface area contributed by atoms with Crippen molar-refractivity contribution >= 4 is 17.5 Å². The van der Waals surface area contributed by atoms with Gasteiger partial charge in [0.1, 0.15) is 24.7 Å². The van der Waals surface area contributed by atoms with Gasteiger partial charge in [-0.05, 0) is 36.2 Å². The summed E-state index contributed by atoms with van der Waals surface area (Å²) in [6, 6.07) is 17.5. The van der Waals surface area contributed by atoms with Crippen LogP contribution in [0.5, 0.6) is 11.5 Å². The number of carbonyl (C=O) groups is 1. The van der Waals surface area contributed by atoms with Crippen LogP contribution in [0.25, 0.3) is 11.3 Å². The summed E-state index contributed by atoms with van der Waals surface area (Å²) < 4.78 is 16.9. The summed E-state index contributed by atoms with van der Waals surface area (Å²) in [4.78, 5) is 12.2. The third-order valence-corrected chi connectivity index (χ3v) is 4.99. The highest BCUT2D eigenvalue weighted by Gasteiger charge is 2.16. The Hall–Kier alpha value is -2.92. The minimum Gasteiger partial charge on any atom is -0.486 e. The van der Waals surface area contributed by atoms with Crippen LogP contribution >= 0.6 is 11.6 Å². The van der Waals surface area contributed by atoms with E-state index in [9.17, 15) is 4.79 Å². The van der Waals surface area contributed by atoms with Gasteiger partial charge in [-0.25, -0.2) is 0 Å². The van der Waals surface area contributed by atoms with Crippen molar-refractivity contribution in [2.24, 2.45) is 0 Å². The molecule has 5 nitrogen and oxygen atoms in total. The Balaban J connectivity index is 1.24. The van der Waals surface area contributed by atoms with E-state index in [4.69, 9.17) is 25.5 Å². The molecule has 0 spiro atoms. The predicted octanol–water partition coefficient (Wildman–Crippen LogP) is 4.66. The van der Waals surface area contributed by atoms with E-state index in [-0.39, 0.29) is 5.91 Å². The van der Waals surface area contributed by atoms with Crippen molar-refractivity contribution in [1.29, 1.82) is 0 Å². The van der Waals surface area contributed by atoms with Gasteiger partial charge < -0.3 is 19.2 Å². The molecule has 1 aliphatic rings. The molecular weight excluding hydrogens is 390 g/mol. The van der Waals surface area contributed by atoms with Crippen LogP contribution in [0.2, 0.25) is 5.02 Å². The first kappa shape index (κ1) is 19.4. The zero-order valence-corrected chi connectivity index (χ0v) is 16.7. The van der Waals surface area contributed by atoms with Crippen LogP contribution in [0.15, 0.2) is 59.0 Å². The zero-order chi connectivity index (χ0) is 20.1. The Morgan fingerprint density at radius 1 is 1.00 bits per heavy atom. The van der Waals surface area contributed by atoms with Crippen LogP contribution in [0.4, 0.5) is 0 Å². The summed E-state index contributed by atoms with van der Waals surface area (Å²) in [7, 11) is 0. The Labute approximate surface area is 174 Å². The standard InChI is InChI=1S/C23H22ClNO4/c24-19-14-16(15-21-23(19)28-13-12-27-21)10-11-25-22(26)9-7-18-6-8-20(29-18)17-4-2-1-3-5-17/h1-6,8,14-15H,7,9-13H2,(H,25,26). The number of hydrogen-bond acceptors (Lipinski definition) is 4. The molecule has 0 atom stereocenters. The number of aryl methyl sites for hydroxylation is 1. The Bertz CT molecular complexity index is 984. The molecule has 1 aliphatic heterocycles. The average Bonchev–Trinajstić information content (AvgIpc) is 3.22. The molecule has 0 saturated carbocycles. The monoisotopic (exact) mass is 411 g/mol. The second kappa shape index (κ2) is 9.05. The molecule has 2 aromatic carbocycles. The highest BCUT2D eigenvalue weighted by Crippen LogP contribution is 2.38. The van der Waals surface area contributed by atoms with E-state index in [2.05, 4.69) is 5.32 Å². The van der Waals surface area contributed by atoms with E-state index < -0.39 is 0 Å². The van der Waals surface area contributed by atoms with Gasteiger partial charge in [-0.1, -0.05) is 41.9 Å². The van der Waals surface area contributed by atoms with Gasteiger partial charge in [-0.15, -0.1) is 0 Å². The summed E-state index contributed by atoms with van der Waals surface area (Å²) in [6.45, 7) is 1.55. The molecule has 1 aromatic heterocycles. The summed E-state index contributed by atoms with van der Waals surface area (Å²) in [5, 5.41) is 3.48. The quantitative estimate of drug-likeness (QED) is 0.614. The fourth-order valence-corrected chi connectivity index (χ4v) is 3.54. The molecule has 150 valence electrons. The lowest BCUT2D eigenvalue weighted by molar-refractivity contribution is -0.121. The largest absolute Gasteiger partial charge is 0.486 e. The maximum absolute atomic E-state index is 12.2. The number of nitrogens with one attached hydrogen (secondary N) is 1. The average molecular weight is 412 g/mol. The number of rotatable bonds is 7. The summed E-state index contributed by atoms with van der Waals surface area (Å²) in [6.07, 6.45) is 1.61. The minimum atomic E-state index is -0.00805. The van der Waals surface area contributed by atoms with Crippen molar-refractivity contribution in [2.45, 2.75) is 19.3 Å². The Morgan fingerprint density at radius 2 is 1.83 bits per heavy atom. The minimum absolute atomic E-state index is 0.00805. The van der Waals surface area contributed by atoms with Gasteiger partial charge in [0, 0.05) is 24.9 Å². The molecule has 0 unspecified atom stereocenters. The first-order chi connectivity index (χ1) is 14.2. The molecule has 6 heteroatoms. The van der Waals surface area contributed by atoms with E-state index in [1.807, 2.05) is 54.6 Å². The van der Waals surface area contributed by atoms with E-state index in [0.29, 0.717) is 55.5 Å². The van der Waals surface area contributed by atoms with Crippen molar-refractivity contribution in [1.82, 2.24) is 5.32 Å². The van der Waals surface area contributed by atoms with Crippen LogP contribution in [-0.4, -0.2) is 25.7 Å². The number of benzene rings is 2. The zero-order valence-electron chi connectivity index (χ0n) is 15.9.